The van der Waals surface area contributed by atoms with Crippen molar-refractivity contribution in [3.63, 3.8) is 0 Å². The average molecular weight is 348 g/mol. The second-order valence-electron chi connectivity index (χ2n) is 5.67. The van der Waals surface area contributed by atoms with Crippen LogP contribution in [0.15, 0.2) is 66.7 Å². The van der Waals surface area contributed by atoms with Gasteiger partial charge in [-0.1, -0.05) is 36.4 Å². The molecule has 0 aliphatic rings. The number of hydrogen-bond donors (Lipinski definition) is 1. The molecule has 6 heteroatoms. The van der Waals surface area contributed by atoms with Crippen LogP contribution in [0.1, 0.15) is 16.1 Å². The quantitative estimate of drug-likeness (QED) is 0.740. The Bertz CT molecular complexity index is 866. The molecule has 3 rings (SSSR count). The summed E-state index contributed by atoms with van der Waals surface area (Å²) in [6, 6.07) is 20.6. The first kappa shape index (κ1) is 17.4. The fraction of sp³-hybridized carbons (Fsp3) is 0.150. The van der Waals surface area contributed by atoms with E-state index in [0.29, 0.717) is 18.1 Å². The first-order valence-electron chi connectivity index (χ1n) is 8.21. The fourth-order valence-electron chi connectivity index (χ4n) is 2.52. The van der Waals surface area contributed by atoms with Gasteiger partial charge in [0.05, 0.1) is 7.11 Å². The highest BCUT2D eigenvalue weighted by molar-refractivity contribution is 6.04. The summed E-state index contributed by atoms with van der Waals surface area (Å²) >= 11 is 0. The Morgan fingerprint density at radius 3 is 2.42 bits per heavy atom. The molecule has 0 saturated carbocycles. The summed E-state index contributed by atoms with van der Waals surface area (Å²) in [6.45, 7) is 0.551. The number of ether oxygens (including phenoxy) is 1. The maximum Gasteiger partial charge on any atom is 0.278 e. The molecule has 0 aliphatic carbocycles. The van der Waals surface area contributed by atoms with E-state index in [-0.39, 0.29) is 5.91 Å². The van der Waals surface area contributed by atoms with Gasteiger partial charge in [-0.3, -0.25) is 4.79 Å². The van der Waals surface area contributed by atoms with Crippen molar-refractivity contribution in [2.45, 2.75) is 6.54 Å². The van der Waals surface area contributed by atoms with E-state index in [2.05, 4.69) is 15.5 Å². The van der Waals surface area contributed by atoms with Gasteiger partial charge in [0.2, 0.25) is 0 Å². The molecule has 3 aromatic rings. The minimum atomic E-state index is -0.208. The van der Waals surface area contributed by atoms with Crippen LogP contribution < -0.4 is 15.0 Å². The maximum atomic E-state index is 12.5. The SMILES string of the molecule is COc1ccccc1CNc1ccc(C(=O)N(C)c2ccccc2)nn1. The van der Waals surface area contributed by atoms with Gasteiger partial charge in [-0.15, -0.1) is 10.2 Å². The summed E-state index contributed by atoms with van der Waals surface area (Å²) in [7, 11) is 3.36. The van der Waals surface area contributed by atoms with Crippen LogP contribution in [0.5, 0.6) is 5.75 Å². The lowest BCUT2D eigenvalue weighted by molar-refractivity contribution is 0.0987. The Labute approximate surface area is 152 Å². The second kappa shape index (κ2) is 8.11. The lowest BCUT2D eigenvalue weighted by atomic mass is 10.2. The van der Waals surface area contributed by atoms with E-state index in [1.807, 2.05) is 54.6 Å². The van der Waals surface area contributed by atoms with Gasteiger partial charge in [-0.2, -0.15) is 0 Å². The van der Waals surface area contributed by atoms with Gasteiger partial charge >= 0.3 is 0 Å². The molecule has 0 radical (unpaired) electrons. The first-order valence-corrected chi connectivity index (χ1v) is 8.21. The molecule has 0 fully saturated rings. The fourth-order valence-corrected chi connectivity index (χ4v) is 2.52. The van der Waals surface area contributed by atoms with Crippen LogP contribution in [0, 0.1) is 0 Å². The monoisotopic (exact) mass is 348 g/mol. The summed E-state index contributed by atoms with van der Waals surface area (Å²) in [5.41, 5.74) is 2.11. The topological polar surface area (TPSA) is 67.3 Å². The molecule has 1 aromatic heterocycles. The number of hydrogen-bond acceptors (Lipinski definition) is 5. The molecule has 0 unspecified atom stereocenters. The van der Waals surface area contributed by atoms with Crippen molar-refractivity contribution in [3.8, 4) is 5.75 Å². The Morgan fingerprint density at radius 1 is 1.00 bits per heavy atom. The Kier molecular flexibility index (Phi) is 5.43. The number of aromatic nitrogens is 2. The van der Waals surface area contributed by atoms with Gasteiger partial charge < -0.3 is 15.0 Å². The Balaban J connectivity index is 1.66. The van der Waals surface area contributed by atoms with Crippen LogP contribution in [0.2, 0.25) is 0 Å². The largest absolute Gasteiger partial charge is 0.496 e. The number of carbonyl (C=O) groups is 1. The number of methoxy groups -OCH3 is 1. The van der Waals surface area contributed by atoms with Gasteiger partial charge in [0, 0.05) is 24.8 Å². The van der Waals surface area contributed by atoms with Crippen LogP contribution in [0.25, 0.3) is 0 Å². The predicted octanol–water partition coefficient (Wildman–Crippen LogP) is 3.37. The Morgan fingerprint density at radius 2 is 1.73 bits per heavy atom. The molecule has 6 nitrogen and oxygen atoms in total. The van der Waals surface area contributed by atoms with Crippen molar-refractivity contribution in [2.75, 3.05) is 24.4 Å². The van der Waals surface area contributed by atoms with E-state index in [9.17, 15) is 4.79 Å². The predicted molar refractivity (Wildman–Crippen MR) is 102 cm³/mol. The molecule has 1 N–H and O–H groups in total. The molecule has 2 aromatic carbocycles. The van der Waals surface area contributed by atoms with Crippen molar-refractivity contribution in [2.24, 2.45) is 0 Å². The Hall–Kier alpha value is -3.41. The molecule has 132 valence electrons. The number of nitrogens with one attached hydrogen (secondary N) is 1. The highest BCUT2D eigenvalue weighted by Crippen LogP contribution is 2.18. The van der Waals surface area contributed by atoms with Gasteiger partial charge in [0.1, 0.15) is 11.6 Å². The lowest BCUT2D eigenvalue weighted by Gasteiger charge is -2.16. The zero-order chi connectivity index (χ0) is 18.4. The molecule has 1 heterocycles. The maximum absolute atomic E-state index is 12.5. The van der Waals surface area contributed by atoms with E-state index in [0.717, 1.165) is 17.0 Å². The molecular weight excluding hydrogens is 328 g/mol. The number of anilines is 2. The van der Waals surface area contributed by atoms with Crippen LogP contribution >= 0.6 is 0 Å². The van der Waals surface area contributed by atoms with E-state index in [1.165, 1.54) is 0 Å². The van der Waals surface area contributed by atoms with Gasteiger partial charge in [0.15, 0.2) is 5.69 Å². The molecule has 0 atom stereocenters. The zero-order valence-electron chi connectivity index (χ0n) is 14.7. The van der Waals surface area contributed by atoms with Crippen LogP contribution in [0.3, 0.4) is 0 Å². The number of para-hydroxylation sites is 2. The number of nitrogens with zero attached hydrogens (tertiary/aromatic N) is 3. The lowest BCUT2D eigenvalue weighted by Crippen LogP contribution is -2.27. The van der Waals surface area contributed by atoms with E-state index < -0.39 is 0 Å². The van der Waals surface area contributed by atoms with Crippen LogP contribution in [-0.2, 0) is 6.54 Å². The summed E-state index contributed by atoms with van der Waals surface area (Å²) in [6.07, 6.45) is 0. The number of amides is 1. The third-order valence-corrected chi connectivity index (χ3v) is 3.98. The van der Waals surface area contributed by atoms with Crippen molar-refractivity contribution < 1.29 is 9.53 Å². The first-order chi connectivity index (χ1) is 12.7. The molecule has 0 spiro atoms. The smallest absolute Gasteiger partial charge is 0.278 e. The number of benzene rings is 2. The van der Waals surface area contributed by atoms with Crippen molar-refractivity contribution in [3.05, 3.63) is 78.0 Å². The molecular formula is C20H20N4O2. The van der Waals surface area contributed by atoms with Crippen molar-refractivity contribution in [1.29, 1.82) is 0 Å². The van der Waals surface area contributed by atoms with E-state index in [4.69, 9.17) is 4.74 Å². The van der Waals surface area contributed by atoms with Crippen LogP contribution in [0.4, 0.5) is 11.5 Å². The number of carbonyl (C=O) groups excluding carboxylic acids is 1. The average Bonchev–Trinajstić information content (AvgIpc) is 2.72. The molecule has 1 amide bonds. The number of rotatable bonds is 6. The molecule has 0 saturated heterocycles. The van der Waals surface area contributed by atoms with Crippen molar-refractivity contribution >= 4 is 17.4 Å². The summed E-state index contributed by atoms with van der Waals surface area (Å²) in [5.74, 6) is 1.19. The standard InChI is InChI=1S/C20H20N4O2/c1-24(16-9-4-3-5-10-16)20(25)17-12-13-19(23-22-17)21-14-15-8-6-7-11-18(15)26-2/h3-13H,14H2,1-2H3,(H,21,23). The summed E-state index contributed by atoms with van der Waals surface area (Å²) < 4.78 is 5.33. The molecule has 26 heavy (non-hydrogen) atoms. The highest BCUT2D eigenvalue weighted by atomic mass is 16.5. The summed E-state index contributed by atoms with van der Waals surface area (Å²) in [4.78, 5) is 14.1. The highest BCUT2D eigenvalue weighted by Gasteiger charge is 2.15. The van der Waals surface area contributed by atoms with Gasteiger partial charge in [0.25, 0.3) is 5.91 Å². The molecule has 0 bridgehead atoms. The van der Waals surface area contributed by atoms with E-state index in [1.54, 1.807) is 31.2 Å². The third-order valence-electron chi connectivity index (χ3n) is 3.98. The van der Waals surface area contributed by atoms with Gasteiger partial charge in [-0.05, 0) is 30.3 Å². The minimum absolute atomic E-state index is 0.208. The minimum Gasteiger partial charge on any atom is -0.496 e. The van der Waals surface area contributed by atoms with Crippen LogP contribution in [-0.4, -0.2) is 30.3 Å². The second-order valence-corrected chi connectivity index (χ2v) is 5.67. The van der Waals surface area contributed by atoms with Gasteiger partial charge in [-0.25, -0.2) is 0 Å². The normalized spacial score (nSPS) is 10.2. The third kappa shape index (κ3) is 3.97. The van der Waals surface area contributed by atoms with E-state index >= 15 is 0 Å². The molecule has 0 aliphatic heterocycles. The zero-order valence-corrected chi connectivity index (χ0v) is 14.7. The summed E-state index contributed by atoms with van der Waals surface area (Å²) in [5, 5.41) is 11.3. The van der Waals surface area contributed by atoms with Crippen molar-refractivity contribution in [1.82, 2.24) is 10.2 Å².